The fourth-order valence-corrected chi connectivity index (χ4v) is 3.63. The van der Waals surface area contributed by atoms with Crippen LogP contribution < -0.4 is 0 Å². The molecule has 0 saturated carbocycles. The average molecular weight is 445 g/mol. The minimum absolute atomic E-state index is 0.0152. The first-order valence-corrected chi connectivity index (χ1v) is 11.3. The zero-order chi connectivity index (χ0) is 23.8. The number of carbonyl (C=O) groups excluding carboxylic acids is 1. The highest BCUT2D eigenvalue weighted by molar-refractivity contribution is 5.78. The van der Waals surface area contributed by atoms with E-state index in [0.29, 0.717) is 12.2 Å². The molecular weight excluding hydrogens is 412 g/mol. The molecular formula is C27H32N4O2. The van der Waals surface area contributed by atoms with Crippen LogP contribution in [-0.2, 0) is 6.61 Å². The second-order valence-corrected chi connectivity index (χ2v) is 8.07. The van der Waals surface area contributed by atoms with Crippen LogP contribution in [-0.4, -0.2) is 43.6 Å². The van der Waals surface area contributed by atoms with Crippen LogP contribution in [0, 0.1) is 0 Å². The van der Waals surface area contributed by atoms with E-state index in [-0.39, 0.29) is 18.7 Å². The fourth-order valence-electron chi connectivity index (χ4n) is 3.63. The molecule has 1 amide bonds. The largest absolute Gasteiger partial charge is 0.392 e. The second kappa shape index (κ2) is 11.4. The Hall–Kier alpha value is -3.51. The average Bonchev–Trinajstić information content (AvgIpc) is 3.35. The number of benzene rings is 2. The molecule has 3 rings (SSSR count). The van der Waals surface area contributed by atoms with E-state index in [1.54, 1.807) is 6.20 Å². The van der Waals surface area contributed by atoms with Crippen molar-refractivity contribution < 1.29 is 9.90 Å². The van der Waals surface area contributed by atoms with Gasteiger partial charge < -0.3 is 10.0 Å². The molecule has 0 fully saturated rings. The summed E-state index contributed by atoms with van der Waals surface area (Å²) in [6, 6.07) is 15.5. The molecule has 2 aromatic carbocycles. The van der Waals surface area contributed by atoms with E-state index in [0.717, 1.165) is 34.2 Å². The molecule has 1 unspecified atom stereocenters. The first-order chi connectivity index (χ1) is 16.0. The summed E-state index contributed by atoms with van der Waals surface area (Å²) in [7, 11) is 0. The van der Waals surface area contributed by atoms with Crippen molar-refractivity contribution in [2.75, 3.05) is 6.54 Å². The lowest BCUT2D eigenvalue weighted by molar-refractivity contribution is 0.184. The van der Waals surface area contributed by atoms with Gasteiger partial charge in [0.05, 0.1) is 18.8 Å². The third kappa shape index (κ3) is 5.84. The van der Waals surface area contributed by atoms with Gasteiger partial charge in [-0.1, -0.05) is 78.4 Å². The SMILES string of the molecule is CC=CC=C(C)C(C)N(CCC)C(=O)n1cc(-c2ccc(-c3cccc(CO)c3)cc2)nn1. The highest BCUT2D eigenvalue weighted by Crippen LogP contribution is 2.25. The van der Waals surface area contributed by atoms with Gasteiger partial charge in [-0.3, -0.25) is 0 Å². The molecule has 0 saturated heterocycles. The van der Waals surface area contributed by atoms with Gasteiger partial charge in [-0.15, -0.1) is 5.10 Å². The number of aromatic nitrogens is 3. The number of aliphatic hydroxyl groups is 1. The lowest BCUT2D eigenvalue weighted by Gasteiger charge is -2.29. The molecule has 1 heterocycles. The standard InChI is InChI=1S/C27H32N4O2/c1-5-7-9-20(3)21(4)30(16-6-2)27(33)31-18-26(28-29-31)24-14-12-23(13-15-24)25-11-8-10-22(17-25)19-32/h5,7-15,17-18,21,32H,6,16,19H2,1-4H3. The second-order valence-electron chi connectivity index (χ2n) is 8.07. The van der Waals surface area contributed by atoms with Crippen molar-refractivity contribution in [3.8, 4) is 22.4 Å². The molecule has 6 heteroatoms. The smallest absolute Gasteiger partial charge is 0.346 e. The molecule has 3 aromatic rings. The van der Waals surface area contributed by atoms with Crippen molar-refractivity contribution in [3.63, 3.8) is 0 Å². The van der Waals surface area contributed by atoms with E-state index in [1.807, 2.05) is 92.4 Å². The number of amides is 1. The molecule has 33 heavy (non-hydrogen) atoms. The van der Waals surface area contributed by atoms with Crippen LogP contribution in [0.25, 0.3) is 22.4 Å². The van der Waals surface area contributed by atoms with Crippen LogP contribution in [0.3, 0.4) is 0 Å². The van der Waals surface area contributed by atoms with Crippen LogP contribution in [0.5, 0.6) is 0 Å². The Balaban J connectivity index is 1.80. The number of hydrogen-bond donors (Lipinski definition) is 1. The quantitative estimate of drug-likeness (QED) is 0.453. The van der Waals surface area contributed by atoms with Crippen LogP contribution >= 0.6 is 0 Å². The highest BCUT2D eigenvalue weighted by atomic mass is 16.3. The zero-order valence-corrected chi connectivity index (χ0v) is 19.8. The van der Waals surface area contributed by atoms with Crippen LogP contribution in [0.4, 0.5) is 4.79 Å². The summed E-state index contributed by atoms with van der Waals surface area (Å²) in [4.78, 5) is 15.0. The first kappa shape index (κ1) is 24.1. The van der Waals surface area contributed by atoms with Gasteiger partial charge in [-0.05, 0) is 49.9 Å². The van der Waals surface area contributed by atoms with Crippen LogP contribution in [0.2, 0.25) is 0 Å². The van der Waals surface area contributed by atoms with Crippen molar-refractivity contribution in [1.82, 2.24) is 19.9 Å². The predicted molar refractivity (Wildman–Crippen MR) is 133 cm³/mol. The molecule has 1 atom stereocenters. The molecule has 0 radical (unpaired) electrons. The van der Waals surface area contributed by atoms with Crippen molar-refractivity contribution in [2.24, 2.45) is 0 Å². The zero-order valence-electron chi connectivity index (χ0n) is 19.8. The topological polar surface area (TPSA) is 71.2 Å². The number of rotatable bonds is 8. The van der Waals surface area contributed by atoms with Crippen molar-refractivity contribution in [1.29, 1.82) is 0 Å². The first-order valence-electron chi connectivity index (χ1n) is 11.3. The normalized spacial score (nSPS) is 12.8. The summed E-state index contributed by atoms with van der Waals surface area (Å²) in [5.41, 5.74) is 5.59. The number of nitrogens with zero attached hydrogens (tertiary/aromatic N) is 4. The minimum Gasteiger partial charge on any atom is -0.392 e. The minimum atomic E-state index is -0.186. The van der Waals surface area contributed by atoms with Gasteiger partial charge in [0.2, 0.25) is 0 Å². The Morgan fingerprint density at radius 3 is 2.55 bits per heavy atom. The van der Waals surface area contributed by atoms with Gasteiger partial charge in [0.15, 0.2) is 0 Å². The number of carbonyl (C=O) groups is 1. The molecule has 6 nitrogen and oxygen atoms in total. The fraction of sp³-hybridized carbons (Fsp3) is 0.296. The van der Waals surface area contributed by atoms with Gasteiger partial charge in [-0.2, -0.15) is 4.68 Å². The molecule has 0 spiro atoms. The van der Waals surface area contributed by atoms with E-state index >= 15 is 0 Å². The molecule has 0 aliphatic heterocycles. The Morgan fingerprint density at radius 2 is 1.88 bits per heavy atom. The summed E-state index contributed by atoms with van der Waals surface area (Å²) in [5, 5.41) is 17.7. The lowest BCUT2D eigenvalue weighted by Crippen LogP contribution is -2.42. The Morgan fingerprint density at radius 1 is 1.15 bits per heavy atom. The van der Waals surface area contributed by atoms with Crippen molar-refractivity contribution in [3.05, 3.63) is 84.1 Å². The molecule has 0 aliphatic rings. The summed E-state index contributed by atoms with van der Waals surface area (Å²) in [6.07, 6.45) is 8.53. The molecule has 0 bridgehead atoms. The summed E-state index contributed by atoms with van der Waals surface area (Å²) in [6.45, 7) is 8.75. The van der Waals surface area contributed by atoms with E-state index < -0.39 is 0 Å². The number of allylic oxidation sites excluding steroid dienone is 3. The summed E-state index contributed by atoms with van der Waals surface area (Å²) < 4.78 is 1.32. The van der Waals surface area contributed by atoms with E-state index in [1.165, 1.54) is 4.68 Å². The predicted octanol–water partition coefficient (Wildman–Crippen LogP) is 5.70. The Kier molecular flexibility index (Phi) is 8.33. The van der Waals surface area contributed by atoms with E-state index in [9.17, 15) is 9.90 Å². The van der Waals surface area contributed by atoms with Gasteiger partial charge in [-0.25, -0.2) is 4.79 Å². The highest BCUT2D eigenvalue weighted by Gasteiger charge is 2.23. The van der Waals surface area contributed by atoms with Crippen LogP contribution in [0.1, 0.15) is 39.7 Å². The van der Waals surface area contributed by atoms with Gasteiger partial charge >= 0.3 is 6.03 Å². The van der Waals surface area contributed by atoms with E-state index in [2.05, 4.69) is 17.2 Å². The molecule has 172 valence electrons. The summed E-state index contributed by atoms with van der Waals surface area (Å²) >= 11 is 0. The van der Waals surface area contributed by atoms with Crippen molar-refractivity contribution >= 4 is 6.03 Å². The molecule has 1 aromatic heterocycles. The molecule has 1 N–H and O–H groups in total. The maximum atomic E-state index is 13.2. The summed E-state index contributed by atoms with van der Waals surface area (Å²) in [5.74, 6) is 0. The van der Waals surface area contributed by atoms with E-state index in [4.69, 9.17) is 0 Å². The van der Waals surface area contributed by atoms with Gasteiger partial charge in [0.25, 0.3) is 0 Å². The number of hydrogen-bond acceptors (Lipinski definition) is 4. The third-order valence-electron chi connectivity index (χ3n) is 5.70. The monoisotopic (exact) mass is 444 g/mol. The maximum absolute atomic E-state index is 13.2. The van der Waals surface area contributed by atoms with Crippen LogP contribution in [0.15, 0.2) is 78.5 Å². The maximum Gasteiger partial charge on any atom is 0.346 e. The van der Waals surface area contributed by atoms with Crippen molar-refractivity contribution in [2.45, 2.75) is 46.8 Å². The van der Waals surface area contributed by atoms with Gasteiger partial charge in [0, 0.05) is 12.1 Å². The number of aliphatic hydroxyl groups excluding tert-OH is 1. The Bertz CT molecular complexity index is 1130. The lowest BCUT2D eigenvalue weighted by atomic mass is 10.0. The van der Waals surface area contributed by atoms with Gasteiger partial charge in [0.1, 0.15) is 5.69 Å². The Labute approximate surface area is 195 Å². The molecule has 0 aliphatic carbocycles. The third-order valence-corrected chi connectivity index (χ3v) is 5.70.